The van der Waals surface area contributed by atoms with Gasteiger partial charge in [-0.2, -0.15) is 0 Å². The van der Waals surface area contributed by atoms with Gasteiger partial charge in [0.05, 0.1) is 6.61 Å². The van der Waals surface area contributed by atoms with E-state index in [4.69, 9.17) is 14.2 Å². The fraction of sp³-hybridized carbons (Fsp3) is 0.500. The fourth-order valence-electron chi connectivity index (χ4n) is 4.04. The summed E-state index contributed by atoms with van der Waals surface area (Å²) in [5.41, 5.74) is 1.33. The van der Waals surface area contributed by atoms with E-state index in [1.165, 1.54) is 0 Å². The molecule has 0 spiro atoms. The lowest BCUT2D eigenvalue weighted by Gasteiger charge is -2.39. The van der Waals surface area contributed by atoms with E-state index in [-0.39, 0.29) is 19.3 Å². The number of carbonyl (C=O) groups is 1. The van der Waals surface area contributed by atoms with Gasteiger partial charge in [0.25, 0.3) is 5.91 Å². The van der Waals surface area contributed by atoms with Crippen LogP contribution in [0.5, 0.6) is 5.75 Å². The molecular weight excluding hydrogens is 434 g/mol. The van der Waals surface area contributed by atoms with Gasteiger partial charge >= 0.3 is 0 Å². The van der Waals surface area contributed by atoms with Crippen LogP contribution >= 0.6 is 0 Å². The normalized spacial score (nSPS) is 18.0. The van der Waals surface area contributed by atoms with Crippen LogP contribution in [0.3, 0.4) is 0 Å². The van der Waals surface area contributed by atoms with Crippen molar-refractivity contribution in [3.8, 4) is 5.75 Å². The molecule has 0 fully saturated rings. The Balaban J connectivity index is 1.84. The number of hydrogen-bond acceptors (Lipinski definition) is 5. The number of amides is 1. The summed E-state index contributed by atoms with van der Waals surface area (Å²) >= 11 is 0. The first kappa shape index (κ1) is 25.4. The summed E-state index contributed by atoms with van der Waals surface area (Å²) in [6, 6.07) is 16.4. The average Bonchev–Trinajstić information content (AvgIpc) is 3.03. The molecule has 0 bridgehead atoms. The van der Waals surface area contributed by atoms with E-state index in [9.17, 15) is 9.90 Å². The van der Waals surface area contributed by atoms with Crippen LogP contribution in [0, 0.1) is 0 Å². The number of nitrogens with zero attached hydrogens (tertiary/aromatic N) is 1. The first-order chi connectivity index (χ1) is 15.8. The van der Waals surface area contributed by atoms with Gasteiger partial charge in [0.15, 0.2) is 12.5 Å². The molecule has 1 amide bonds. The lowest BCUT2D eigenvalue weighted by atomic mass is 9.93. The summed E-state index contributed by atoms with van der Waals surface area (Å²) in [5.74, 6) is 0.671. The van der Waals surface area contributed by atoms with Crippen molar-refractivity contribution in [3.63, 3.8) is 0 Å². The third-order valence-corrected chi connectivity index (χ3v) is 7.46. The number of rotatable bonds is 13. The Morgan fingerprint density at radius 2 is 1.76 bits per heavy atom. The van der Waals surface area contributed by atoms with Crippen molar-refractivity contribution in [1.82, 2.24) is 4.90 Å². The molecule has 0 saturated heterocycles. The van der Waals surface area contributed by atoms with Crippen LogP contribution in [0.2, 0.25) is 25.7 Å². The summed E-state index contributed by atoms with van der Waals surface area (Å²) in [6.45, 7) is 10.9. The summed E-state index contributed by atoms with van der Waals surface area (Å²) in [6.07, 6.45) is 1.30. The van der Waals surface area contributed by atoms with Crippen LogP contribution in [0.1, 0.15) is 41.3 Å². The molecule has 7 heteroatoms. The Morgan fingerprint density at radius 1 is 1.03 bits per heavy atom. The number of fused-ring (bicyclic) bond motifs is 1. The van der Waals surface area contributed by atoms with Gasteiger partial charge in [-0.05, 0) is 37.1 Å². The predicted molar refractivity (Wildman–Crippen MR) is 132 cm³/mol. The van der Waals surface area contributed by atoms with E-state index < -0.39 is 13.8 Å². The number of carbonyl (C=O) groups excluding carboxylic acids is 1. The van der Waals surface area contributed by atoms with Crippen LogP contribution in [-0.4, -0.2) is 57.1 Å². The summed E-state index contributed by atoms with van der Waals surface area (Å²) in [4.78, 5) is 15.1. The van der Waals surface area contributed by atoms with Crippen LogP contribution in [0.25, 0.3) is 0 Å². The first-order valence-electron chi connectivity index (χ1n) is 11.8. The highest BCUT2D eigenvalue weighted by Crippen LogP contribution is 2.45. The van der Waals surface area contributed by atoms with E-state index in [0.717, 1.165) is 23.6 Å². The predicted octanol–water partition coefficient (Wildman–Crippen LogP) is 4.84. The monoisotopic (exact) mass is 471 g/mol. The Morgan fingerprint density at radius 3 is 2.42 bits per heavy atom. The number of aliphatic hydroxyl groups is 1. The fourth-order valence-corrected chi connectivity index (χ4v) is 4.80. The van der Waals surface area contributed by atoms with Crippen molar-refractivity contribution in [3.05, 3.63) is 65.2 Å². The molecule has 0 radical (unpaired) electrons. The van der Waals surface area contributed by atoms with Gasteiger partial charge < -0.3 is 24.2 Å². The second-order valence-corrected chi connectivity index (χ2v) is 15.2. The Labute approximate surface area is 198 Å². The van der Waals surface area contributed by atoms with Crippen molar-refractivity contribution >= 4 is 14.0 Å². The highest BCUT2D eigenvalue weighted by atomic mass is 28.3. The zero-order valence-corrected chi connectivity index (χ0v) is 21.3. The third-order valence-electron chi connectivity index (χ3n) is 5.76. The molecule has 3 rings (SSSR count). The quantitative estimate of drug-likeness (QED) is 0.257. The van der Waals surface area contributed by atoms with Gasteiger partial charge in [0, 0.05) is 44.5 Å². The molecule has 1 aliphatic rings. The summed E-state index contributed by atoms with van der Waals surface area (Å²) in [7, 11) is -1.12. The van der Waals surface area contributed by atoms with Crippen molar-refractivity contribution < 1.29 is 24.1 Å². The lowest BCUT2D eigenvalue weighted by molar-refractivity contribution is -0.110. The van der Waals surface area contributed by atoms with Crippen LogP contribution < -0.4 is 4.74 Å². The molecule has 1 atom stereocenters. The first-order valence-corrected chi connectivity index (χ1v) is 15.5. The highest BCUT2D eigenvalue weighted by Gasteiger charge is 2.51. The minimum Gasteiger partial charge on any atom is -0.468 e. The second kappa shape index (κ2) is 11.3. The average molecular weight is 472 g/mol. The zero-order valence-electron chi connectivity index (χ0n) is 20.3. The van der Waals surface area contributed by atoms with Crippen LogP contribution in [0.15, 0.2) is 48.5 Å². The molecule has 1 N–H and O–H groups in total. The largest absolute Gasteiger partial charge is 0.468 e. The van der Waals surface area contributed by atoms with E-state index >= 15 is 0 Å². The summed E-state index contributed by atoms with van der Waals surface area (Å²) < 4.78 is 17.9. The van der Waals surface area contributed by atoms with Gasteiger partial charge in [-0.3, -0.25) is 4.79 Å². The molecular formula is C26H37NO5Si. The maximum absolute atomic E-state index is 13.3. The highest BCUT2D eigenvalue weighted by molar-refractivity contribution is 6.76. The number of benzene rings is 2. The van der Waals surface area contributed by atoms with Crippen molar-refractivity contribution in [2.24, 2.45) is 0 Å². The molecule has 6 nitrogen and oxygen atoms in total. The van der Waals surface area contributed by atoms with Crippen molar-refractivity contribution in [2.45, 2.75) is 51.2 Å². The van der Waals surface area contributed by atoms with E-state index in [1.54, 1.807) is 0 Å². The molecule has 2 aromatic rings. The van der Waals surface area contributed by atoms with Gasteiger partial charge in [-0.1, -0.05) is 56.9 Å². The molecule has 0 saturated carbocycles. The molecule has 1 unspecified atom stereocenters. The molecule has 0 aliphatic carbocycles. The standard InChI is InChI=1S/C26H37NO5Si/c1-5-15-27-25(29)23-9-6-7-10-24(23)26(27,32-17-8-16-28)21-11-13-22(14-12-21)31-20-30-18-19-33(2,3)4/h6-7,9-14,28H,5,8,15-20H2,1-4H3. The molecule has 0 aromatic heterocycles. The smallest absolute Gasteiger partial charge is 0.257 e. The minimum absolute atomic E-state index is 0.0317. The third kappa shape index (κ3) is 5.84. The van der Waals surface area contributed by atoms with Gasteiger partial charge in [-0.15, -0.1) is 0 Å². The maximum Gasteiger partial charge on any atom is 0.257 e. The molecule has 1 aliphatic heterocycles. The van der Waals surface area contributed by atoms with Crippen molar-refractivity contribution in [2.75, 3.05) is 33.2 Å². The SMILES string of the molecule is CCCN1C(=O)c2ccccc2C1(OCCCO)c1ccc(OCOCC[Si](C)(C)C)cc1. The zero-order chi connectivity index (χ0) is 23.9. The van der Waals surface area contributed by atoms with Crippen molar-refractivity contribution in [1.29, 1.82) is 0 Å². The topological polar surface area (TPSA) is 68.2 Å². The van der Waals surface area contributed by atoms with E-state index in [2.05, 4.69) is 19.6 Å². The Bertz CT molecular complexity index is 912. The maximum atomic E-state index is 13.3. The molecule has 180 valence electrons. The minimum atomic E-state index is -1.12. The Hall–Kier alpha value is -2.19. The van der Waals surface area contributed by atoms with Gasteiger partial charge in [-0.25, -0.2) is 0 Å². The molecule has 33 heavy (non-hydrogen) atoms. The summed E-state index contributed by atoms with van der Waals surface area (Å²) in [5, 5.41) is 9.33. The molecule has 2 aromatic carbocycles. The van der Waals surface area contributed by atoms with E-state index in [0.29, 0.717) is 37.5 Å². The second-order valence-electron chi connectivity index (χ2n) is 9.58. The van der Waals surface area contributed by atoms with E-state index in [1.807, 2.05) is 60.4 Å². The number of hydrogen-bond donors (Lipinski definition) is 1. The number of ether oxygens (including phenoxy) is 3. The lowest BCUT2D eigenvalue weighted by Crippen LogP contribution is -2.47. The van der Waals surface area contributed by atoms with Gasteiger partial charge in [0.2, 0.25) is 0 Å². The Kier molecular flexibility index (Phi) is 8.70. The van der Waals surface area contributed by atoms with Crippen LogP contribution in [0.4, 0.5) is 0 Å². The van der Waals surface area contributed by atoms with Gasteiger partial charge in [0.1, 0.15) is 5.75 Å². The molecule has 1 heterocycles. The van der Waals surface area contributed by atoms with Crippen LogP contribution in [-0.2, 0) is 15.2 Å². The number of aliphatic hydroxyl groups excluding tert-OH is 1.